The van der Waals surface area contributed by atoms with E-state index in [1.54, 1.807) is 6.07 Å². The van der Waals surface area contributed by atoms with Crippen LogP contribution in [0.15, 0.2) is 23.1 Å². The molecule has 1 fully saturated rings. The van der Waals surface area contributed by atoms with Crippen LogP contribution in [-0.2, 0) is 16.6 Å². The minimum absolute atomic E-state index is 0.0379. The minimum atomic E-state index is -3.46. The largest absolute Gasteiger partial charge is 0.326 e. The van der Waals surface area contributed by atoms with Crippen molar-refractivity contribution in [2.75, 3.05) is 0 Å². The van der Waals surface area contributed by atoms with Gasteiger partial charge >= 0.3 is 0 Å². The maximum atomic E-state index is 12.5. The maximum absolute atomic E-state index is 12.5. The van der Waals surface area contributed by atoms with Crippen molar-refractivity contribution < 1.29 is 8.42 Å². The number of nitrogens with two attached hydrogens (primary N) is 1. The second-order valence-corrected chi connectivity index (χ2v) is 8.21. The van der Waals surface area contributed by atoms with Crippen molar-refractivity contribution >= 4 is 10.0 Å². The van der Waals surface area contributed by atoms with E-state index in [-0.39, 0.29) is 11.5 Å². The van der Waals surface area contributed by atoms with Gasteiger partial charge in [-0.1, -0.05) is 26.0 Å². The van der Waals surface area contributed by atoms with E-state index < -0.39 is 10.0 Å². The third kappa shape index (κ3) is 3.40. The van der Waals surface area contributed by atoms with Gasteiger partial charge in [0.1, 0.15) is 0 Å². The second kappa shape index (κ2) is 5.47. The Bertz CT molecular complexity index is 594. The molecule has 0 amide bonds. The number of aryl methyl sites for hydroxylation is 1. The molecule has 1 aliphatic carbocycles. The summed E-state index contributed by atoms with van der Waals surface area (Å²) in [6.45, 7) is 6.52. The average Bonchev–Trinajstić information content (AvgIpc) is 2.68. The second-order valence-electron chi connectivity index (χ2n) is 6.53. The summed E-state index contributed by atoms with van der Waals surface area (Å²) in [5, 5.41) is 0. The van der Waals surface area contributed by atoms with Gasteiger partial charge in [-0.3, -0.25) is 0 Å². The normalized spacial score (nSPS) is 22.1. The summed E-state index contributed by atoms with van der Waals surface area (Å²) in [7, 11) is -3.46. The number of benzene rings is 1. The molecule has 0 aromatic heterocycles. The molecule has 5 heteroatoms. The van der Waals surface area contributed by atoms with Crippen LogP contribution in [0.4, 0.5) is 0 Å². The molecule has 1 atom stereocenters. The van der Waals surface area contributed by atoms with Crippen molar-refractivity contribution in [2.45, 2.75) is 57.5 Å². The summed E-state index contributed by atoms with van der Waals surface area (Å²) in [4.78, 5) is 0.352. The molecule has 2 rings (SSSR count). The van der Waals surface area contributed by atoms with Crippen molar-refractivity contribution in [3.05, 3.63) is 29.3 Å². The van der Waals surface area contributed by atoms with Gasteiger partial charge in [-0.2, -0.15) is 0 Å². The molecule has 3 N–H and O–H groups in total. The van der Waals surface area contributed by atoms with E-state index in [9.17, 15) is 8.42 Å². The zero-order valence-corrected chi connectivity index (χ0v) is 13.3. The van der Waals surface area contributed by atoms with E-state index in [1.807, 2.05) is 19.1 Å². The van der Waals surface area contributed by atoms with Gasteiger partial charge in [0.15, 0.2) is 0 Å². The van der Waals surface area contributed by atoms with Crippen molar-refractivity contribution in [1.82, 2.24) is 4.72 Å². The Hall–Kier alpha value is -0.910. The van der Waals surface area contributed by atoms with Crippen molar-refractivity contribution in [1.29, 1.82) is 0 Å². The molecule has 1 aromatic rings. The van der Waals surface area contributed by atoms with E-state index >= 15 is 0 Å². The number of rotatable bonds is 4. The van der Waals surface area contributed by atoms with Gasteiger partial charge in [-0.15, -0.1) is 0 Å². The molecule has 1 aliphatic rings. The fourth-order valence-electron chi connectivity index (χ4n) is 2.88. The Morgan fingerprint density at radius 2 is 2.10 bits per heavy atom. The summed E-state index contributed by atoms with van der Waals surface area (Å²) < 4.78 is 27.9. The molecule has 0 heterocycles. The number of sulfonamides is 1. The van der Waals surface area contributed by atoms with Crippen LogP contribution >= 0.6 is 0 Å². The zero-order valence-electron chi connectivity index (χ0n) is 12.4. The van der Waals surface area contributed by atoms with E-state index in [0.717, 1.165) is 30.4 Å². The Morgan fingerprint density at radius 1 is 1.40 bits per heavy atom. The molecule has 0 spiro atoms. The van der Waals surface area contributed by atoms with Gasteiger partial charge < -0.3 is 5.73 Å². The van der Waals surface area contributed by atoms with E-state index in [2.05, 4.69) is 18.6 Å². The lowest BCUT2D eigenvalue weighted by molar-refractivity contribution is 0.372. The third-order valence-corrected chi connectivity index (χ3v) is 5.73. The minimum Gasteiger partial charge on any atom is -0.326 e. The first-order chi connectivity index (χ1) is 9.23. The van der Waals surface area contributed by atoms with Gasteiger partial charge in [-0.25, -0.2) is 13.1 Å². The Balaban J connectivity index is 2.23. The van der Waals surface area contributed by atoms with Crippen molar-refractivity contribution in [3.63, 3.8) is 0 Å². The van der Waals surface area contributed by atoms with Gasteiger partial charge in [0, 0.05) is 12.6 Å². The topological polar surface area (TPSA) is 72.2 Å². The Labute approximate surface area is 121 Å². The number of hydrogen-bond donors (Lipinski definition) is 2. The first kappa shape index (κ1) is 15.5. The fourth-order valence-corrected chi connectivity index (χ4v) is 4.45. The van der Waals surface area contributed by atoms with Crippen molar-refractivity contribution in [2.24, 2.45) is 11.1 Å². The molecule has 1 aromatic carbocycles. The summed E-state index contributed by atoms with van der Waals surface area (Å²) >= 11 is 0. The standard InChI is InChI=1S/C15H24N2O2S/c1-11-4-5-12(10-16)8-14(11)20(18,19)17-13-6-7-15(2,3)9-13/h4-5,8,13,17H,6-7,9-10,16H2,1-3H3. The van der Waals surface area contributed by atoms with Crippen LogP contribution in [0.3, 0.4) is 0 Å². The molecular formula is C15H24N2O2S. The highest BCUT2D eigenvalue weighted by Gasteiger charge is 2.33. The van der Waals surface area contributed by atoms with E-state index in [4.69, 9.17) is 5.73 Å². The smallest absolute Gasteiger partial charge is 0.241 e. The molecule has 0 bridgehead atoms. The molecule has 1 saturated carbocycles. The van der Waals surface area contributed by atoms with E-state index in [0.29, 0.717) is 11.4 Å². The first-order valence-corrected chi connectivity index (χ1v) is 8.54. The SMILES string of the molecule is Cc1ccc(CN)cc1S(=O)(=O)NC1CCC(C)(C)C1. The van der Waals surface area contributed by atoms with Crippen LogP contribution in [0.25, 0.3) is 0 Å². The Kier molecular flexibility index (Phi) is 4.23. The quantitative estimate of drug-likeness (QED) is 0.895. The van der Waals surface area contributed by atoms with Crippen LogP contribution in [0.2, 0.25) is 0 Å². The summed E-state index contributed by atoms with van der Waals surface area (Å²) in [5.74, 6) is 0. The fraction of sp³-hybridized carbons (Fsp3) is 0.600. The molecule has 0 radical (unpaired) electrons. The highest BCUT2D eigenvalue weighted by Crippen LogP contribution is 2.37. The molecular weight excluding hydrogens is 272 g/mol. The van der Waals surface area contributed by atoms with Gasteiger partial charge in [0.2, 0.25) is 10.0 Å². The third-order valence-electron chi connectivity index (χ3n) is 4.07. The van der Waals surface area contributed by atoms with Gasteiger partial charge in [-0.05, 0) is 48.8 Å². The average molecular weight is 296 g/mol. The monoisotopic (exact) mass is 296 g/mol. The lowest BCUT2D eigenvalue weighted by Crippen LogP contribution is -2.34. The molecule has 0 saturated heterocycles. The molecule has 112 valence electrons. The van der Waals surface area contributed by atoms with Crippen LogP contribution < -0.4 is 10.5 Å². The molecule has 20 heavy (non-hydrogen) atoms. The molecule has 1 unspecified atom stereocenters. The van der Waals surface area contributed by atoms with Crippen LogP contribution in [0.5, 0.6) is 0 Å². The van der Waals surface area contributed by atoms with Gasteiger partial charge in [0.25, 0.3) is 0 Å². The lowest BCUT2D eigenvalue weighted by atomic mass is 9.92. The van der Waals surface area contributed by atoms with E-state index in [1.165, 1.54) is 0 Å². The highest BCUT2D eigenvalue weighted by atomic mass is 32.2. The molecule has 4 nitrogen and oxygen atoms in total. The summed E-state index contributed by atoms with van der Waals surface area (Å²) in [5.41, 5.74) is 7.41. The molecule has 0 aliphatic heterocycles. The first-order valence-electron chi connectivity index (χ1n) is 7.05. The van der Waals surface area contributed by atoms with Gasteiger partial charge in [0.05, 0.1) is 4.90 Å². The Morgan fingerprint density at radius 3 is 2.65 bits per heavy atom. The maximum Gasteiger partial charge on any atom is 0.241 e. The number of hydrogen-bond acceptors (Lipinski definition) is 3. The predicted molar refractivity (Wildman–Crippen MR) is 80.8 cm³/mol. The zero-order chi connectivity index (χ0) is 15.0. The summed E-state index contributed by atoms with van der Waals surface area (Å²) in [6.07, 6.45) is 2.85. The lowest BCUT2D eigenvalue weighted by Gasteiger charge is -2.18. The van der Waals surface area contributed by atoms with Crippen LogP contribution in [0, 0.1) is 12.3 Å². The van der Waals surface area contributed by atoms with Crippen molar-refractivity contribution in [3.8, 4) is 0 Å². The predicted octanol–water partition coefficient (Wildman–Crippen LogP) is 2.31. The number of nitrogens with one attached hydrogen (secondary N) is 1. The highest BCUT2D eigenvalue weighted by molar-refractivity contribution is 7.89. The summed E-state index contributed by atoms with van der Waals surface area (Å²) in [6, 6.07) is 5.40. The van der Waals surface area contributed by atoms with Crippen LogP contribution in [-0.4, -0.2) is 14.5 Å². The van der Waals surface area contributed by atoms with Crippen LogP contribution in [0.1, 0.15) is 44.2 Å².